The fourth-order valence-electron chi connectivity index (χ4n) is 2.59. The van der Waals surface area contributed by atoms with Crippen LogP contribution in [0.25, 0.3) is 0 Å². The van der Waals surface area contributed by atoms with Gasteiger partial charge in [-0.05, 0) is 52.7 Å². The molecule has 0 saturated carbocycles. The third-order valence-corrected chi connectivity index (χ3v) is 5.07. The van der Waals surface area contributed by atoms with Gasteiger partial charge in [0.2, 0.25) is 11.8 Å². The van der Waals surface area contributed by atoms with Crippen LogP contribution in [0.15, 0.2) is 51.4 Å². The van der Waals surface area contributed by atoms with Crippen LogP contribution in [0.5, 0.6) is 0 Å². The number of hydrogen-bond acceptors (Lipinski definition) is 3. The Morgan fingerprint density at radius 2 is 1.88 bits per heavy atom. The Hall–Kier alpha value is -2.19. The highest BCUT2D eigenvalue weighted by atomic mass is 79.9. The normalized spacial score (nSPS) is 16.2. The molecule has 1 aliphatic heterocycles. The van der Waals surface area contributed by atoms with Gasteiger partial charge in [-0.3, -0.25) is 14.4 Å². The smallest absolute Gasteiger partial charge is 0.254 e. The molecule has 2 aromatic rings. The maximum absolute atomic E-state index is 12.3. The second kappa shape index (κ2) is 8.01. The van der Waals surface area contributed by atoms with Crippen molar-refractivity contribution < 1.29 is 14.4 Å². The first kappa shape index (κ1) is 18.6. The van der Waals surface area contributed by atoms with Crippen LogP contribution < -0.4 is 16.0 Å². The quantitative estimate of drug-likeness (QED) is 0.623. The Morgan fingerprint density at radius 3 is 2.65 bits per heavy atom. The molecule has 0 unspecified atom stereocenters. The van der Waals surface area contributed by atoms with Gasteiger partial charge < -0.3 is 16.0 Å². The molecule has 0 saturated heterocycles. The number of carbonyl (C=O) groups is 3. The zero-order chi connectivity index (χ0) is 18.7. The summed E-state index contributed by atoms with van der Waals surface area (Å²) in [5.41, 5.74) is 1.52. The molecular weight excluding hydrogens is 466 g/mol. The minimum Gasteiger partial charge on any atom is -0.340 e. The van der Waals surface area contributed by atoms with Gasteiger partial charge in [-0.25, -0.2) is 0 Å². The summed E-state index contributed by atoms with van der Waals surface area (Å²) < 4.78 is 1.64. The number of halogens is 2. The van der Waals surface area contributed by atoms with E-state index in [2.05, 4.69) is 47.8 Å². The number of hydrogen-bond donors (Lipinski definition) is 3. The lowest BCUT2D eigenvalue weighted by Crippen LogP contribution is -2.41. The minimum atomic E-state index is -0.769. The van der Waals surface area contributed by atoms with E-state index in [0.29, 0.717) is 16.9 Å². The van der Waals surface area contributed by atoms with Gasteiger partial charge in [-0.1, -0.05) is 28.1 Å². The van der Waals surface area contributed by atoms with E-state index >= 15 is 0 Å². The lowest BCUT2D eigenvalue weighted by atomic mass is 10.1. The highest BCUT2D eigenvalue weighted by Crippen LogP contribution is 2.26. The maximum Gasteiger partial charge on any atom is 0.254 e. The van der Waals surface area contributed by atoms with Crippen LogP contribution in [0.1, 0.15) is 23.2 Å². The number of para-hydroxylation sites is 1. The molecule has 26 heavy (non-hydrogen) atoms. The molecule has 3 amide bonds. The van der Waals surface area contributed by atoms with Gasteiger partial charge in [0.15, 0.2) is 0 Å². The standard InChI is InChI=1S/C18H15Br2N3O3/c19-10-5-6-14(12(20)9-10)21-16(24)8-7-15-18(26)22-13-4-2-1-3-11(13)17(25)23-15/h1-6,9,15H,7-8H2,(H,21,24)(H,22,26)(H,23,25)/t15-/m0/s1. The summed E-state index contributed by atoms with van der Waals surface area (Å²) in [5.74, 6) is -0.905. The third-order valence-electron chi connectivity index (χ3n) is 3.92. The number of rotatable bonds is 4. The molecule has 6 nitrogen and oxygen atoms in total. The molecule has 0 spiro atoms. The fourth-order valence-corrected chi connectivity index (χ4v) is 3.74. The molecule has 0 aliphatic carbocycles. The zero-order valence-electron chi connectivity index (χ0n) is 13.5. The lowest BCUT2D eigenvalue weighted by molar-refractivity contribution is -0.118. The summed E-state index contributed by atoms with van der Waals surface area (Å²) >= 11 is 6.73. The maximum atomic E-state index is 12.3. The van der Waals surface area contributed by atoms with Crippen LogP contribution in [0.4, 0.5) is 11.4 Å². The Labute approximate surface area is 167 Å². The van der Waals surface area contributed by atoms with E-state index in [9.17, 15) is 14.4 Å². The predicted octanol–water partition coefficient (Wildman–Crippen LogP) is 3.68. The SMILES string of the molecule is O=C(CC[C@@H]1NC(=O)c2ccccc2NC1=O)Nc1ccc(Br)cc1Br. The molecular formula is C18H15Br2N3O3. The highest BCUT2D eigenvalue weighted by Gasteiger charge is 2.27. The van der Waals surface area contributed by atoms with Crippen molar-refractivity contribution in [2.24, 2.45) is 0 Å². The number of nitrogens with one attached hydrogen (secondary N) is 3. The Bertz CT molecular complexity index is 886. The van der Waals surface area contributed by atoms with Crippen molar-refractivity contribution in [3.05, 3.63) is 57.0 Å². The molecule has 1 heterocycles. The van der Waals surface area contributed by atoms with Gasteiger partial charge in [-0.2, -0.15) is 0 Å². The molecule has 0 aromatic heterocycles. The number of amides is 3. The van der Waals surface area contributed by atoms with E-state index in [1.54, 1.807) is 30.3 Å². The van der Waals surface area contributed by atoms with Crippen molar-refractivity contribution in [3.63, 3.8) is 0 Å². The Kier molecular flexibility index (Phi) is 5.73. The minimum absolute atomic E-state index is 0.0945. The second-order valence-corrected chi connectivity index (χ2v) is 7.54. The molecule has 2 aromatic carbocycles. The number of fused-ring (bicyclic) bond motifs is 1. The number of benzene rings is 2. The second-order valence-electron chi connectivity index (χ2n) is 5.77. The van der Waals surface area contributed by atoms with E-state index in [0.717, 1.165) is 8.95 Å². The average Bonchev–Trinajstić information content (AvgIpc) is 2.72. The molecule has 1 aliphatic rings. The number of anilines is 2. The highest BCUT2D eigenvalue weighted by molar-refractivity contribution is 9.11. The molecule has 0 bridgehead atoms. The summed E-state index contributed by atoms with van der Waals surface area (Å²) in [5, 5.41) is 8.19. The van der Waals surface area contributed by atoms with Crippen LogP contribution >= 0.6 is 31.9 Å². The van der Waals surface area contributed by atoms with Crippen molar-refractivity contribution in [3.8, 4) is 0 Å². The molecule has 1 atom stereocenters. The van der Waals surface area contributed by atoms with Crippen molar-refractivity contribution in [2.45, 2.75) is 18.9 Å². The molecule has 8 heteroatoms. The first-order valence-corrected chi connectivity index (χ1v) is 9.48. The van der Waals surface area contributed by atoms with E-state index in [1.165, 1.54) is 0 Å². The largest absolute Gasteiger partial charge is 0.340 e. The third kappa shape index (κ3) is 4.31. The van der Waals surface area contributed by atoms with Gasteiger partial charge in [-0.15, -0.1) is 0 Å². The first-order chi connectivity index (χ1) is 12.4. The molecule has 0 fully saturated rings. The van der Waals surface area contributed by atoms with Gasteiger partial charge in [0.25, 0.3) is 5.91 Å². The Balaban J connectivity index is 1.61. The van der Waals surface area contributed by atoms with Crippen molar-refractivity contribution in [1.82, 2.24) is 5.32 Å². The van der Waals surface area contributed by atoms with E-state index in [1.807, 2.05) is 12.1 Å². The van der Waals surface area contributed by atoms with Crippen molar-refractivity contribution in [1.29, 1.82) is 0 Å². The van der Waals surface area contributed by atoms with E-state index in [-0.39, 0.29) is 30.6 Å². The van der Waals surface area contributed by atoms with Crippen LogP contribution in [-0.2, 0) is 9.59 Å². The number of carbonyl (C=O) groups excluding carboxylic acids is 3. The summed E-state index contributed by atoms with van der Waals surface area (Å²) in [6.07, 6.45) is 0.294. The topological polar surface area (TPSA) is 87.3 Å². The average molecular weight is 481 g/mol. The molecule has 0 radical (unpaired) electrons. The van der Waals surface area contributed by atoms with Crippen molar-refractivity contribution in [2.75, 3.05) is 10.6 Å². The van der Waals surface area contributed by atoms with E-state index < -0.39 is 6.04 Å². The van der Waals surface area contributed by atoms with Crippen LogP contribution in [-0.4, -0.2) is 23.8 Å². The fraction of sp³-hybridized carbons (Fsp3) is 0.167. The van der Waals surface area contributed by atoms with Gasteiger partial charge in [0.05, 0.1) is 16.9 Å². The van der Waals surface area contributed by atoms with Crippen LogP contribution in [0.3, 0.4) is 0 Å². The van der Waals surface area contributed by atoms with Gasteiger partial charge in [0.1, 0.15) is 6.04 Å². The zero-order valence-corrected chi connectivity index (χ0v) is 16.7. The van der Waals surface area contributed by atoms with Crippen molar-refractivity contribution >= 4 is 61.0 Å². The Morgan fingerprint density at radius 1 is 1.12 bits per heavy atom. The monoisotopic (exact) mass is 479 g/mol. The summed E-state index contributed by atoms with van der Waals surface area (Å²) in [7, 11) is 0. The molecule has 3 N–H and O–H groups in total. The summed E-state index contributed by atoms with van der Waals surface area (Å²) in [4.78, 5) is 36.8. The van der Waals surface area contributed by atoms with Gasteiger partial charge >= 0.3 is 0 Å². The molecule has 134 valence electrons. The molecule has 3 rings (SSSR count). The summed E-state index contributed by atoms with van der Waals surface area (Å²) in [6.45, 7) is 0. The van der Waals surface area contributed by atoms with Crippen LogP contribution in [0.2, 0.25) is 0 Å². The first-order valence-electron chi connectivity index (χ1n) is 7.89. The van der Waals surface area contributed by atoms with Crippen LogP contribution in [0, 0.1) is 0 Å². The van der Waals surface area contributed by atoms with Gasteiger partial charge in [0, 0.05) is 15.4 Å². The summed E-state index contributed by atoms with van der Waals surface area (Å²) in [6, 6.07) is 11.4. The van der Waals surface area contributed by atoms with E-state index in [4.69, 9.17) is 0 Å². The lowest BCUT2D eigenvalue weighted by Gasteiger charge is -2.14. The predicted molar refractivity (Wildman–Crippen MR) is 106 cm³/mol.